The molecular formula is C60H41BN2. The van der Waals surface area contributed by atoms with Crippen LogP contribution in [0.15, 0.2) is 249 Å². The second-order valence-corrected chi connectivity index (χ2v) is 16.4. The fourth-order valence-electron chi connectivity index (χ4n) is 10.0. The zero-order chi connectivity index (χ0) is 41.7. The first-order valence-electron chi connectivity index (χ1n) is 21.8. The zero-order valence-electron chi connectivity index (χ0n) is 34.6. The van der Waals surface area contributed by atoms with Crippen LogP contribution in [0.5, 0.6) is 0 Å². The van der Waals surface area contributed by atoms with Gasteiger partial charge in [0.25, 0.3) is 6.71 Å². The molecule has 0 bridgehead atoms. The molecule has 0 N–H and O–H groups in total. The summed E-state index contributed by atoms with van der Waals surface area (Å²) >= 11 is 0. The van der Waals surface area contributed by atoms with Crippen LogP contribution >= 0.6 is 0 Å². The maximum atomic E-state index is 2.56. The number of nitrogens with zero attached hydrogens (tertiary/aromatic N) is 2. The fourth-order valence-corrected chi connectivity index (χ4v) is 10.0. The first kappa shape index (κ1) is 36.7. The highest BCUT2D eigenvalue weighted by Gasteiger charge is 2.45. The lowest BCUT2D eigenvalue weighted by molar-refractivity contribution is 1.25. The summed E-state index contributed by atoms with van der Waals surface area (Å²) in [6.07, 6.45) is 0. The molecule has 2 aliphatic heterocycles. The first-order valence-corrected chi connectivity index (χ1v) is 21.8. The summed E-state index contributed by atoms with van der Waals surface area (Å²) in [4.78, 5) is 5.10. The van der Waals surface area contributed by atoms with Gasteiger partial charge in [0.2, 0.25) is 0 Å². The highest BCUT2D eigenvalue weighted by Crippen LogP contribution is 2.49. The maximum absolute atomic E-state index is 2.56. The summed E-state index contributed by atoms with van der Waals surface area (Å²) in [5.41, 5.74) is 22.8. The van der Waals surface area contributed by atoms with Gasteiger partial charge in [0.05, 0.1) is 5.69 Å². The molecule has 2 aliphatic rings. The van der Waals surface area contributed by atoms with Crippen molar-refractivity contribution in [1.29, 1.82) is 0 Å². The largest absolute Gasteiger partial charge is 0.311 e. The fraction of sp³-hybridized carbons (Fsp3) is 0. The smallest absolute Gasteiger partial charge is 0.252 e. The predicted octanol–water partition coefficient (Wildman–Crippen LogP) is 14.1. The molecule has 2 heterocycles. The number of hydrogen-bond donors (Lipinski definition) is 0. The van der Waals surface area contributed by atoms with Gasteiger partial charge in [-0.25, -0.2) is 0 Å². The Bertz CT molecular complexity index is 3280. The number of hydrogen-bond acceptors (Lipinski definition) is 2. The summed E-state index contributed by atoms with van der Waals surface area (Å²) in [6, 6.07) is 91.2. The minimum Gasteiger partial charge on any atom is -0.311 e. The third kappa shape index (κ3) is 6.28. The number of para-hydroxylation sites is 1. The van der Waals surface area contributed by atoms with Crippen molar-refractivity contribution in [2.45, 2.75) is 0 Å². The highest BCUT2D eigenvalue weighted by atomic mass is 15.2. The average molecular weight is 801 g/mol. The third-order valence-electron chi connectivity index (χ3n) is 12.8. The molecule has 10 aromatic carbocycles. The standard InChI is InChI=1S/C60H41BN2/c1-6-20-42(21-7-1)47-30-18-31-50(38-47)62-56-35-19-33-52(46-28-14-5-15-29-46)59(56)61-53-39-48(43-22-8-2-9-23-43)36-37-55(53)63(54-34-17-16-32-51(54)45-26-12-4-13-27-45)58-41-49(40-57(62)60(58)61)44-24-10-3-11-25-44/h1-41H. The summed E-state index contributed by atoms with van der Waals surface area (Å²) in [7, 11) is 0. The van der Waals surface area contributed by atoms with Gasteiger partial charge < -0.3 is 9.80 Å². The Balaban J connectivity index is 1.23. The summed E-state index contributed by atoms with van der Waals surface area (Å²) < 4.78 is 0. The van der Waals surface area contributed by atoms with Crippen molar-refractivity contribution in [3.8, 4) is 55.6 Å². The maximum Gasteiger partial charge on any atom is 0.252 e. The average Bonchev–Trinajstić information content (AvgIpc) is 3.37. The minimum absolute atomic E-state index is 0.0846. The third-order valence-corrected chi connectivity index (χ3v) is 12.8. The Kier molecular flexibility index (Phi) is 8.97. The van der Waals surface area contributed by atoms with Crippen LogP contribution in [0.4, 0.5) is 34.1 Å². The summed E-state index contributed by atoms with van der Waals surface area (Å²) in [5.74, 6) is 0. The number of anilines is 6. The van der Waals surface area contributed by atoms with Crippen LogP contribution in [0, 0.1) is 0 Å². The normalized spacial score (nSPS) is 12.3. The van der Waals surface area contributed by atoms with Crippen LogP contribution in [-0.2, 0) is 0 Å². The van der Waals surface area contributed by atoms with Crippen LogP contribution in [0.2, 0.25) is 0 Å². The molecule has 0 saturated heterocycles. The van der Waals surface area contributed by atoms with E-state index in [4.69, 9.17) is 0 Å². The Labute approximate surface area is 369 Å². The van der Waals surface area contributed by atoms with E-state index in [2.05, 4.69) is 259 Å². The number of fused-ring (bicyclic) bond motifs is 4. The van der Waals surface area contributed by atoms with Gasteiger partial charge in [-0.3, -0.25) is 0 Å². The van der Waals surface area contributed by atoms with Gasteiger partial charge in [-0.05, 0) is 109 Å². The monoisotopic (exact) mass is 800 g/mol. The lowest BCUT2D eigenvalue weighted by Gasteiger charge is -2.45. The van der Waals surface area contributed by atoms with Gasteiger partial charge >= 0.3 is 0 Å². The number of benzene rings is 10. The van der Waals surface area contributed by atoms with Crippen LogP contribution in [0.25, 0.3) is 55.6 Å². The molecule has 0 spiro atoms. The van der Waals surface area contributed by atoms with Gasteiger partial charge in [-0.1, -0.05) is 206 Å². The van der Waals surface area contributed by atoms with Crippen LogP contribution < -0.4 is 26.2 Å². The predicted molar refractivity (Wildman–Crippen MR) is 268 cm³/mol. The van der Waals surface area contributed by atoms with Crippen molar-refractivity contribution < 1.29 is 0 Å². The second-order valence-electron chi connectivity index (χ2n) is 16.4. The van der Waals surface area contributed by atoms with Crippen molar-refractivity contribution in [2.75, 3.05) is 9.80 Å². The van der Waals surface area contributed by atoms with E-state index in [-0.39, 0.29) is 6.71 Å². The zero-order valence-corrected chi connectivity index (χ0v) is 34.6. The molecule has 63 heavy (non-hydrogen) atoms. The highest BCUT2D eigenvalue weighted by molar-refractivity contribution is 7.01. The molecule has 0 unspecified atom stereocenters. The van der Waals surface area contributed by atoms with Gasteiger partial charge in [-0.2, -0.15) is 0 Å². The van der Waals surface area contributed by atoms with E-state index in [0.717, 1.165) is 11.4 Å². The van der Waals surface area contributed by atoms with E-state index < -0.39 is 0 Å². The van der Waals surface area contributed by atoms with E-state index in [1.165, 1.54) is 94.8 Å². The Morgan fingerprint density at radius 2 is 0.698 bits per heavy atom. The van der Waals surface area contributed by atoms with Crippen molar-refractivity contribution >= 4 is 57.2 Å². The molecule has 10 aromatic rings. The lowest BCUT2D eigenvalue weighted by atomic mass is 9.32. The molecule has 2 nitrogen and oxygen atoms in total. The van der Waals surface area contributed by atoms with E-state index in [9.17, 15) is 0 Å². The molecule has 12 rings (SSSR count). The molecule has 0 aliphatic carbocycles. The summed E-state index contributed by atoms with van der Waals surface area (Å²) in [5, 5.41) is 0. The van der Waals surface area contributed by atoms with Crippen LogP contribution in [0.3, 0.4) is 0 Å². The lowest BCUT2D eigenvalue weighted by Crippen LogP contribution is -2.62. The van der Waals surface area contributed by atoms with Crippen molar-refractivity contribution in [3.05, 3.63) is 249 Å². The Hall–Kier alpha value is -8.14. The number of rotatable bonds is 7. The molecule has 0 fully saturated rings. The molecule has 3 heteroatoms. The van der Waals surface area contributed by atoms with E-state index in [0.29, 0.717) is 0 Å². The van der Waals surface area contributed by atoms with E-state index >= 15 is 0 Å². The molecule has 294 valence electrons. The van der Waals surface area contributed by atoms with Crippen molar-refractivity contribution in [1.82, 2.24) is 0 Å². The Morgan fingerprint density at radius 3 is 1.33 bits per heavy atom. The molecular weight excluding hydrogens is 759 g/mol. The summed E-state index contributed by atoms with van der Waals surface area (Å²) in [6.45, 7) is -0.0846. The topological polar surface area (TPSA) is 6.48 Å². The first-order chi connectivity index (χ1) is 31.3. The van der Waals surface area contributed by atoms with Gasteiger partial charge in [0.15, 0.2) is 0 Å². The molecule has 0 radical (unpaired) electrons. The minimum atomic E-state index is -0.0846. The molecule has 0 amide bonds. The quantitative estimate of drug-likeness (QED) is 0.148. The van der Waals surface area contributed by atoms with Crippen LogP contribution in [0.1, 0.15) is 0 Å². The van der Waals surface area contributed by atoms with Crippen LogP contribution in [-0.4, -0.2) is 6.71 Å². The molecule has 0 atom stereocenters. The van der Waals surface area contributed by atoms with Crippen molar-refractivity contribution in [3.63, 3.8) is 0 Å². The van der Waals surface area contributed by atoms with Gasteiger partial charge in [0, 0.05) is 34.0 Å². The second kappa shape index (κ2) is 15.4. The van der Waals surface area contributed by atoms with E-state index in [1.807, 2.05) is 0 Å². The molecule has 0 aromatic heterocycles. The van der Waals surface area contributed by atoms with Crippen molar-refractivity contribution in [2.24, 2.45) is 0 Å². The Morgan fingerprint density at radius 1 is 0.238 bits per heavy atom. The van der Waals surface area contributed by atoms with E-state index in [1.54, 1.807) is 0 Å². The van der Waals surface area contributed by atoms with Gasteiger partial charge in [0.1, 0.15) is 0 Å². The van der Waals surface area contributed by atoms with Gasteiger partial charge in [-0.15, -0.1) is 0 Å². The molecule has 0 saturated carbocycles. The SMILES string of the molecule is c1ccc(-c2cccc(N3c4cccc(-c5ccccc5)c4B4c5cc(-c6ccccc6)ccc5N(c5ccccc5-c5ccccc5)c5cc(-c6ccccc6)cc3c54)c2)cc1.